The Bertz CT molecular complexity index is 661. The van der Waals surface area contributed by atoms with Crippen molar-refractivity contribution < 1.29 is 14.0 Å². The molecule has 128 valence electrons. The third-order valence-corrected chi connectivity index (χ3v) is 5.75. The highest BCUT2D eigenvalue weighted by Gasteiger charge is 2.33. The molecule has 0 spiro atoms. The molecule has 5 nitrogen and oxygen atoms in total. The molecule has 0 aromatic carbocycles. The molecule has 0 saturated carbocycles. The SMILES string of the molecule is CC1CCN(C(=O)CCN2C(=O)/C(=C\c3ccco3)SC2=S)CC1. The number of rotatable bonds is 4. The summed E-state index contributed by atoms with van der Waals surface area (Å²) in [6.45, 7) is 4.19. The highest BCUT2D eigenvalue weighted by Crippen LogP contribution is 2.32. The van der Waals surface area contributed by atoms with Gasteiger partial charge in [0.1, 0.15) is 10.1 Å². The van der Waals surface area contributed by atoms with Gasteiger partial charge in [0, 0.05) is 32.1 Å². The molecule has 2 fully saturated rings. The van der Waals surface area contributed by atoms with E-state index >= 15 is 0 Å². The zero-order valence-electron chi connectivity index (χ0n) is 13.6. The minimum absolute atomic E-state index is 0.103. The maximum Gasteiger partial charge on any atom is 0.266 e. The van der Waals surface area contributed by atoms with Gasteiger partial charge in [0.25, 0.3) is 5.91 Å². The van der Waals surface area contributed by atoms with Crippen LogP contribution in [0.1, 0.15) is 31.9 Å². The molecule has 7 heteroatoms. The summed E-state index contributed by atoms with van der Waals surface area (Å²) in [5.41, 5.74) is 0. The number of furan rings is 1. The Labute approximate surface area is 151 Å². The van der Waals surface area contributed by atoms with E-state index in [1.54, 1.807) is 24.5 Å². The second-order valence-corrected chi connectivity index (χ2v) is 7.84. The van der Waals surface area contributed by atoms with Crippen LogP contribution in [-0.2, 0) is 9.59 Å². The van der Waals surface area contributed by atoms with Crippen molar-refractivity contribution in [2.75, 3.05) is 19.6 Å². The molecule has 3 heterocycles. The lowest BCUT2D eigenvalue weighted by atomic mass is 9.99. The van der Waals surface area contributed by atoms with Crippen molar-refractivity contribution in [2.24, 2.45) is 5.92 Å². The van der Waals surface area contributed by atoms with Gasteiger partial charge in [0.05, 0.1) is 11.2 Å². The lowest BCUT2D eigenvalue weighted by molar-refractivity contribution is -0.133. The number of carbonyl (C=O) groups is 2. The molecular weight excluding hydrogens is 344 g/mol. The Morgan fingerprint density at radius 3 is 2.88 bits per heavy atom. The van der Waals surface area contributed by atoms with Gasteiger partial charge < -0.3 is 9.32 Å². The maximum absolute atomic E-state index is 12.5. The van der Waals surface area contributed by atoms with E-state index in [0.29, 0.717) is 33.9 Å². The van der Waals surface area contributed by atoms with E-state index in [9.17, 15) is 9.59 Å². The number of piperidine rings is 1. The fraction of sp³-hybridized carbons (Fsp3) is 0.471. The van der Waals surface area contributed by atoms with E-state index in [2.05, 4.69) is 6.92 Å². The summed E-state index contributed by atoms with van der Waals surface area (Å²) < 4.78 is 5.73. The molecule has 1 aromatic rings. The van der Waals surface area contributed by atoms with Gasteiger partial charge in [0.15, 0.2) is 0 Å². The molecule has 1 aromatic heterocycles. The van der Waals surface area contributed by atoms with Crippen molar-refractivity contribution >= 4 is 46.2 Å². The molecule has 3 rings (SSSR count). The van der Waals surface area contributed by atoms with E-state index in [0.717, 1.165) is 25.9 Å². The lowest BCUT2D eigenvalue weighted by Crippen LogP contribution is -2.40. The molecule has 0 N–H and O–H groups in total. The topological polar surface area (TPSA) is 53.8 Å². The second-order valence-electron chi connectivity index (χ2n) is 6.16. The molecule has 0 bridgehead atoms. The third kappa shape index (κ3) is 3.89. The normalized spacial score (nSPS) is 21.1. The highest BCUT2D eigenvalue weighted by molar-refractivity contribution is 8.26. The van der Waals surface area contributed by atoms with Crippen LogP contribution in [0, 0.1) is 5.92 Å². The summed E-state index contributed by atoms with van der Waals surface area (Å²) in [7, 11) is 0. The Balaban J connectivity index is 1.56. The summed E-state index contributed by atoms with van der Waals surface area (Å²) in [6.07, 6.45) is 5.67. The number of likely N-dealkylation sites (tertiary alicyclic amines) is 1. The minimum Gasteiger partial charge on any atom is -0.465 e. The fourth-order valence-corrected chi connectivity index (χ4v) is 4.11. The zero-order valence-corrected chi connectivity index (χ0v) is 15.2. The van der Waals surface area contributed by atoms with Gasteiger partial charge in [-0.25, -0.2) is 0 Å². The number of carbonyl (C=O) groups excluding carboxylic acids is 2. The summed E-state index contributed by atoms with van der Waals surface area (Å²) in [4.78, 5) is 28.7. The molecule has 24 heavy (non-hydrogen) atoms. The summed E-state index contributed by atoms with van der Waals surface area (Å²) in [5, 5.41) is 0. The Morgan fingerprint density at radius 2 is 2.21 bits per heavy atom. The molecule has 0 atom stereocenters. The summed E-state index contributed by atoms with van der Waals surface area (Å²) in [6, 6.07) is 3.55. The van der Waals surface area contributed by atoms with Crippen molar-refractivity contribution in [1.82, 2.24) is 9.80 Å². The molecular formula is C17H20N2O3S2. The second kappa shape index (κ2) is 7.53. The molecule has 2 aliphatic heterocycles. The number of hydrogen-bond donors (Lipinski definition) is 0. The van der Waals surface area contributed by atoms with E-state index in [1.807, 2.05) is 4.90 Å². The van der Waals surface area contributed by atoms with Crippen LogP contribution in [0.3, 0.4) is 0 Å². The summed E-state index contributed by atoms with van der Waals surface area (Å²) >= 11 is 6.54. The van der Waals surface area contributed by atoms with E-state index in [-0.39, 0.29) is 11.8 Å². The van der Waals surface area contributed by atoms with Gasteiger partial charge in [0.2, 0.25) is 5.91 Å². The monoisotopic (exact) mass is 364 g/mol. The van der Waals surface area contributed by atoms with E-state index < -0.39 is 0 Å². The van der Waals surface area contributed by atoms with Crippen LogP contribution in [0.2, 0.25) is 0 Å². The number of amides is 2. The van der Waals surface area contributed by atoms with Crippen LogP contribution in [-0.4, -0.2) is 45.6 Å². The van der Waals surface area contributed by atoms with Crippen LogP contribution in [0.4, 0.5) is 0 Å². The smallest absolute Gasteiger partial charge is 0.266 e. The van der Waals surface area contributed by atoms with Crippen molar-refractivity contribution in [3.63, 3.8) is 0 Å². The maximum atomic E-state index is 12.5. The lowest BCUT2D eigenvalue weighted by Gasteiger charge is -2.30. The number of thiocarbonyl (C=S) groups is 1. The first-order valence-electron chi connectivity index (χ1n) is 8.11. The molecule has 2 saturated heterocycles. The molecule has 2 amide bonds. The third-order valence-electron chi connectivity index (χ3n) is 4.38. The number of thioether (sulfide) groups is 1. The number of hydrogen-bond acceptors (Lipinski definition) is 5. The highest BCUT2D eigenvalue weighted by atomic mass is 32.2. The average molecular weight is 364 g/mol. The molecule has 0 aliphatic carbocycles. The first-order valence-corrected chi connectivity index (χ1v) is 9.33. The first-order chi connectivity index (χ1) is 11.5. The van der Waals surface area contributed by atoms with Crippen LogP contribution in [0.15, 0.2) is 27.7 Å². The predicted molar refractivity (Wildman–Crippen MR) is 98.2 cm³/mol. The van der Waals surface area contributed by atoms with E-state index in [1.165, 1.54) is 16.7 Å². The van der Waals surface area contributed by atoms with Gasteiger partial charge in [-0.05, 0) is 30.9 Å². The van der Waals surface area contributed by atoms with Crippen molar-refractivity contribution in [2.45, 2.75) is 26.2 Å². The largest absolute Gasteiger partial charge is 0.465 e. The standard InChI is InChI=1S/C17H20N2O3S2/c1-12-4-7-18(8-5-12)15(20)6-9-19-16(21)14(24-17(19)23)11-13-3-2-10-22-13/h2-3,10-12H,4-9H2,1H3/b14-11+. The fourth-order valence-electron chi connectivity index (χ4n) is 2.82. The summed E-state index contributed by atoms with van der Waals surface area (Å²) in [5.74, 6) is 1.26. The molecule has 0 radical (unpaired) electrons. The van der Waals surface area contributed by atoms with Crippen LogP contribution in [0.5, 0.6) is 0 Å². The molecule has 0 unspecified atom stereocenters. The van der Waals surface area contributed by atoms with Gasteiger partial charge in [-0.1, -0.05) is 30.9 Å². The quantitative estimate of drug-likeness (QED) is 0.607. The van der Waals surface area contributed by atoms with E-state index in [4.69, 9.17) is 16.6 Å². The minimum atomic E-state index is -0.151. The zero-order chi connectivity index (χ0) is 17.1. The van der Waals surface area contributed by atoms with Crippen molar-refractivity contribution in [3.05, 3.63) is 29.1 Å². The number of nitrogens with zero attached hydrogens (tertiary/aromatic N) is 2. The Morgan fingerprint density at radius 1 is 1.46 bits per heavy atom. The van der Waals surface area contributed by atoms with Crippen molar-refractivity contribution in [3.8, 4) is 0 Å². The molecule has 2 aliphatic rings. The first kappa shape index (κ1) is 17.2. The van der Waals surface area contributed by atoms with Gasteiger partial charge >= 0.3 is 0 Å². The van der Waals surface area contributed by atoms with Gasteiger partial charge in [-0.2, -0.15) is 0 Å². The van der Waals surface area contributed by atoms with Gasteiger partial charge in [-0.15, -0.1) is 0 Å². The average Bonchev–Trinajstić information content (AvgIpc) is 3.16. The Kier molecular flexibility index (Phi) is 5.40. The van der Waals surface area contributed by atoms with Gasteiger partial charge in [-0.3, -0.25) is 14.5 Å². The van der Waals surface area contributed by atoms with Crippen LogP contribution in [0.25, 0.3) is 6.08 Å². The van der Waals surface area contributed by atoms with Crippen molar-refractivity contribution in [1.29, 1.82) is 0 Å². The predicted octanol–water partition coefficient (Wildman–Crippen LogP) is 3.13. The van der Waals surface area contributed by atoms with Crippen LogP contribution >= 0.6 is 24.0 Å². The van der Waals surface area contributed by atoms with Crippen LogP contribution < -0.4 is 0 Å². The Hall–Kier alpha value is -1.60.